The zero-order valence-corrected chi connectivity index (χ0v) is 20.3. The second-order valence-corrected chi connectivity index (χ2v) is 10.3. The number of ether oxygens (including phenoxy) is 1. The molecular formula is C20H18ClF3N4O4S2. The normalized spacial score (nSPS) is 12.8. The molecule has 3 aromatic rings. The highest BCUT2D eigenvalue weighted by Crippen LogP contribution is 2.38. The lowest BCUT2D eigenvalue weighted by atomic mass is 10.1. The lowest BCUT2D eigenvalue weighted by Crippen LogP contribution is -2.45. The maximum Gasteiger partial charge on any atom is 0.417 e. The van der Waals surface area contributed by atoms with E-state index in [4.69, 9.17) is 16.3 Å². The largest absolute Gasteiger partial charge is 0.497 e. The van der Waals surface area contributed by atoms with Gasteiger partial charge in [0.25, 0.3) is 0 Å². The van der Waals surface area contributed by atoms with Crippen molar-refractivity contribution in [1.29, 1.82) is 0 Å². The molecule has 0 aliphatic carbocycles. The highest BCUT2D eigenvalue weighted by Gasteiger charge is 2.36. The van der Waals surface area contributed by atoms with E-state index in [1.165, 1.54) is 14.0 Å². The number of amides is 1. The molecule has 3 rings (SSSR count). The second kappa shape index (κ2) is 9.76. The minimum Gasteiger partial charge on any atom is -0.497 e. The number of hydrogen-bond donors (Lipinski definition) is 1. The molecule has 1 amide bonds. The van der Waals surface area contributed by atoms with E-state index in [0.717, 1.165) is 29.7 Å². The van der Waals surface area contributed by atoms with E-state index in [2.05, 4.69) is 15.5 Å². The van der Waals surface area contributed by atoms with Gasteiger partial charge in [-0.25, -0.2) is 8.42 Å². The third kappa shape index (κ3) is 5.77. The van der Waals surface area contributed by atoms with Crippen LogP contribution < -0.4 is 14.4 Å². The van der Waals surface area contributed by atoms with Gasteiger partial charge in [0.05, 0.1) is 29.6 Å². The number of carbonyl (C=O) groups excluding carboxylic acids is 1. The van der Waals surface area contributed by atoms with E-state index >= 15 is 0 Å². The molecular weight excluding hydrogens is 517 g/mol. The summed E-state index contributed by atoms with van der Waals surface area (Å²) in [7, 11) is -2.63. The Bertz CT molecular complexity index is 1300. The van der Waals surface area contributed by atoms with E-state index in [1.807, 2.05) is 0 Å². The zero-order chi connectivity index (χ0) is 25.3. The molecule has 8 nitrogen and oxygen atoms in total. The van der Waals surface area contributed by atoms with Crippen LogP contribution >= 0.6 is 22.9 Å². The summed E-state index contributed by atoms with van der Waals surface area (Å²) >= 11 is 6.67. The minimum atomic E-state index is -4.81. The Hall–Kier alpha value is -2.90. The molecule has 1 atom stereocenters. The average Bonchev–Trinajstić information content (AvgIpc) is 3.21. The molecule has 1 N–H and O–H groups in total. The summed E-state index contributed by atoms with van der Waals surface area (Å²) in [5, 5.41) is 10.3. The van der Waals surface area contributed by atoms with Gasteiger partial charge in [-0.15, -0.1) is 10.2 Å². The molecule has 1 heterocycles. The van der Waals surface area contributed by atoms with Crippen LogP contribution in [0.5, 0.6) is 5.75 Å². The van der Waals surface area contributed by atoms with Gasteiger partial charge < -0.3 is 4.74 Å². The van der Waals surface area contributed by atoms with E-state index < -0.39 is 38.7 Å². The van der Waals surface area contributed by atoms with Gasteiger partial charge in [0.15, 0.2) is 0 Å². The Labute approximate surface area is 202 Å². The van der Waals surface area contributed by atoms with Crippen molar-refractivity contribution in [3.63, 3.8) is 0 Å². The smallest absolute Gasteiger partial charge is 0.417 e. The summed E-state index contributed by atoms with van der Waals surface area (Å²) in [6, 6.07) is 8.13. The second-order valence-electron chi connectivity index (χ2n) is 7.03. The van der Waals surface area contributed by atoms with Crippen LogP contribution in [0, 0.1) is 0 Å². The van der Waals surface area contributed by atoms with Gasteiger partial charge in [0.1, 0.15) is 16.8 Å². The summed E-state index contributed by atoms with van der Waals surface area (Å²) in [5.74, 6) is -0.168. The lowest BCUT2D eigenvalue weighted by molar-refractivity contribution is -0.137. The van der Waals surface area contributed by atoms with Crippen LogP contribution in [0.4, 0.5) is 24.0 Å². The number of aromatic nitrogens is 2. The number of nitrogens with one attached hydrogen (secondary N) is 1. The van der Waals surface area contributed by atoms with E-state index in [-0.39, 0.29) is 10.8 Å². The van der Waals surface area contributed by atoms with Crippen molar-refractivity contribution >= 4 is 49.7 Å². The van der Waals surface area contributed by atoms with E-state index in [9.17, 15) is 26.4 Å². The molecule has 0 fully saturated rings. The third-order valence-corrected chi connectivity index (χ3v) is 7.05. The average molecular weight is 535 g/mol. The van der Waals surface area contributed by atoms with Gasteiger partial charge in [0, 0.05) is 5.56 Å². The Morgan fingerprint density at radius 2 is 1.82 bits per heavy atom. The molecule has 1 aromatic heterocycles. The van der Waals surface area contributed by atoms with Crippen molar-refractivity contribution < 1.29 is 31.1 Å². The van der Waals surface area contributed by atoms with E-state index in [1.54, 1.807) is 24.3 Å². The van der Waals surface area contributed by atoms with Gasteiger partial charge in [-0.2, -0.15) is 13.2 Å². The maximum atomic E-state index is 13.3. The number of halogens is 4. The number of alkyl halides is 3. The predicted octanol–water partition coefficient (Wildman–Crippen LogP) is 4.68. The minimum absolute atomic E-state index is 0.0863. The number of hydrogen-bond acceptors (Lipinski definition) is 7. The van der Waals surface area contributed by atoms with Crippen molar-refractivity contribution in [2.75, 3.05) is 23.0 Å². The summed E-state index contributed by atoms with van der Waals surface area (Å²) in [4.78, 5) is 12.8. The molecule has 0 radical (unpaired) electrons. The summed E-state index contributed by atoms with van der Waals surface area (Å²) in [5.41, 5.74) is -0.871. The van der Waals surface area contributed by atoms with Crippen molar-refractivity contribution in [2.24, 2.45) is 0 Å². The van der Waals surface area contributed by atoms with Crippen LogP contribution in [-0.2, 0) is 21.0 Å². The molecule has 2 aromatic carbocycles. The van der Waals surface area contributed by atoms with Crippen LogP contribution in [0.1, 0.15) is 12.5 Å². The number of sulfonamides is 1. The molecule has 182 valence electrons. The molecule has 0 saturated heterocycles. The molecule has 14 heteroatoms. The van der Waals surface area contributed by atoms with Crippen molar-refractivity contribution in [3.05, 3.63) is 53.1 Å². The van der Waals surface area contributed by atoms with Crippen molar-refractivity contribution in [1.82, 2.24) is 10.2 Å². The highest BCUT2D eigenvalue weighted by molar-refractivity contribution is 7.92. The molecule has 0 aliphatic rings. The molecule has 0 unspecified atom stereocenters. The number of anilines is 2. The zero-order valence-electron chi connectivity index (χ0n) is 17.9. The van der Waals surface area contributed by atoms with Crippen LogP contribution in [-0.4, -0.2) is 43.9 Å². The fourth-order valence-electron chi connectivity index (χ4n) is 3.01. The fraction of sp³-hybridized carbons (Fsp3) is 0.250. The first-order chi connectivity index (χ1) is 15.8. The summed E-state index contributed by atoms with van der Waals surface area (Å²) in [6.07, 6.45) is -4.03. The standard InChI is InChI=1S/C20H18ClF3N4O4S2/c1-11(28(34(3,30)31)13-6-9-16(21)15(10-13)20(22,23)24)17(29)25-19-27-26-18(33-19)12-4-7-14(32-2)8-5-12/h4-11H,1-3H3,(H,25,27,29)/t11-/m0/s1. The van der Waals surface area contributed by atoms with Gasteiger partial charge in [-0.3, -0.25) is 14.4 Å². The number of benzene rings is 2. The summed E-state index contributed by atoms with van der Waals surface area (Å²) in [6.45, 7) is 1.24. The summed E-state index contributed by atoms with van der Waals surface area (Å²) < 4.78 is 70.3. The Kier molecular flexibility index (Phi) is 7.38. The quantitative estimate of drug-likeness (QED) is 0.472. The molecule has 0 bridgehead atoms. The predicted molar refractivity (Wildman–Crippen MR) is 124 cm³/mol. The molecule has 0 aliphatic heterocycles. The van der Waals surface area contributed by atoms with E-state index in [0.29, 0.717) is 26.7 Å². The number of rotatable bonds is 7. The van der Waals surface area contributed by atoms with Gasteiger partial charge in [0.2, 0.25) is 21.1 Å². The first-order valence-corrected chi connectivity index (χ1v) is 12.5. The highest BCUT2D eigenvalue weighted by atomic mass is 35.5. The lowest BCUT2D eigenvalue weighted by Gasteiger charge is -2.28. The van der Waals surface area contributed by atoms with Crippen LogP contribution in [0.15, 0.2) is 42.5 Å². The van der Waals surface area contributed by atoms with Crippen molar-refractivity contribution in [2.45, 2.75) is 19.1 Å². The van der Waals surface area contributed by atoms with Crippen molar-refractivity contribution in [3.8, 4) is 16.3 Å². The number of methoxy groups -OCH3 is 1. The first-order valence-electron chi connectivity index (χ1n) is 9.46. The van der Waals surface area contributed by atoms with Crippen LogP contribution in [0.25, 0.3) is 10.6 Å². The molecule has 0 saturated carbocycles. The SMILES string of the molecule is COc1ccc(-c2nnc(NC(=O)[C@H](C)N(c3ccc(Cl)c(C(F)(F)F)c3)S(C)(=O)=O)s2)cc1. The number of carbonyl (C=O) groups is 1. The number of nitrogens with zero attached hydrogens (tertiary/aromatic N) is 3. The van der Waals surface area contributed by atoms with Gasteiger partial charge in [-0.05, 0) is 49.4 Å². The van der Waals surface area contributed by atoms with Gasteiger partial charge in [-0.1, -0.05) is 22.9 Å². The first kappa shape index (κ1) is 25.7. The van der Waals surface area contributed by atoms with Crippen LogP contribution in [0.2, 0.25) is 5.02 Å². The maximum absolute atomic E-state index is 13.3. The Balaban J connectivity index is 1.86. The monoisotopic (exact) mass is 534 g/mol. The molecule has 34 heavy (non-hydrogen) atoms. The Morgan fingerprint density at radius 3 is 2.38 bits per heavy atom. The fourth-order valence-corrected chi connectivity index (χ4v) is 5.15. The van der Waals surface area contributed by atoms with Crippen LogP contribution in [0.3, 0.4) is 0 Å². The molecule has 0 spiro atoms. The van der Waals surface area contributed by atoms with Gasteiger partial charge >= 0.3 is 6.18 Å². The topological polar surface area (TPSA) is 101 Å². The Morgan fingerprint density at radius 1 is 1.18 bits per heavy atom. The third-order valence-electron chi connectivity index (χ3n) is 4.59.